The first kappa shape index (κ1) is 20.8. The molecule has 0 aliphatic heterocycles. The summed E-state index contributed by atoms with van der Waals surface area (Å²) in [6.45, 7) is 2.36. The second-order valence-corrected chi connectivity index (χ2v) is 8.24. The molecule has 3 aromatic carbocycles. The van der Waals surface area contributed by atoms with Gasteiger partial charge in [0.25, 0.3) is 5.91 Å². The Kier molecular flexibility index (Phi) is 6.75. The van der Waals surface area contributed by atoms with Crippen LogP contribution in [0.3, 0.4) is 0 Å². The van der Waals surface area contributed by atoms with Gasteiger partial charge in [0, 0.05) is 5.56 Å². The lowest BCUT2D eigenvalue weighted by Crippen LogP contribution is -2.12. The second kappa shape index (κ2) is 9.07. The van der Waals surface area contributed by atoms with E-state index in [9.17, 15) is 9.18 Å². The van der Waals surface area contributed by atoms with Gasteiger partial charge in [-0.15, -0.1) is 0 Å². The first-order valence-electron chi connectivity index (χ1n) is 8.27. The molecule has 0 saturated heterocycles. The van der Waals surface area contributed by atoms with Crippen LogP contribution in [0.1, 0.15) is 21.5 Å². The fourth-order valence-corrected chi connectivity index (χ4v) is 4.38. The maximum absolute atomic E-state index is 13.1. The molecule has 0 radical (unpaired) electrons. The molecule has 0 bridgehead atoms. The van der Waals surface area contributed by atoms with Gasteiger partial charge in [-0.25, -0.2) is 4.39 Å². The largest absolute Gasteiger partial charge is 0.487 e. The molecule has 0 unspecified atom stereocenters. The zero-order valence-corrected chi connectivity index (χ0v) is 18.7. The molecule has 0 fully saturated rings. The fraction of sp³-hybridized carbons (Fsp3) is 0.0952. The van der Waals surface area contributed by atoms with Gasteiger partial charge in [-0.05, 0) is 92.4 Å². The van der Waals surface area contributed by atoms with Crippen LogP contribution in [-0.2, 0) is 6.61 Å². The van der Waals surface area contributed by atoms with Crippen molar-refractivity contribution < 1.29 is 13.9 Å². The average molecular weight is 528 g/mol. The van der Waals surface area contributed by atoms with E-state index in [2.05, 4.69) is 37.2 Å². The molecule has 0 aliphatic carbocycles. The smallest absolute Gasteiger partial charge is 0.255 e. The van der Waals surface area contributed by atoms with Crippen molar-refractivity contribution in [3.8, 4) is 5.75 Å². The van der Waals surface area contributed by atoms with Crippen molar-refractivity contribution in [2.45, 2.75) is 13.5 Å². The average Bonchev–Trinajstić information content (AvgIpc) is 2.63. The summed E-state index contributed by atoms with van der Waals surface area (Å²) in [6, 6.07) is 14.8. The predicted octanol–water partition coefficient (Wildman–Crippen LogP) is 7.14. The number of aryl methyl sites for hydroxylation is 1. The lowest BCUT2D eigenvalue weighted by Gasteiger charge is -2.12. The van der Waals surface area contributed by atoms with Crippen LogP contribution >= 0.6 is 43.5 Å². The molecule has 0 spiro atoms. The molecule has 0 atom stereocenters. The molecule has 1 amide bonds. The monoisotopic (exact) mass is 525 g/mol. The minimum atomic E-state index is -0.459. The minimum Gasteiger partial charge on any atom is -0.487 e. The van der Waals surface area contributed by atoms with E-state index in [1.165, 1.54) is 12.1 Å². The van der Waals surface area contributed by atoms with Crippen LogP contribution in [-0.4, -0.2) is 5.91 Å². The van der Waals surface area contributed by atoms with Gasteiger partial charge in [0.15, 0.2) is 0 Å². The van der Waals surface area contributed by atoms with Gasteiger partial charge in [0.2, 0.25) is 0 Å². The lowest BCUT2D eigenvalue weighted by atomic mass is 10.1. The third-order valence-corrected chi connectivity index (χ3v) is 5.41. The maximum Gasteiger partial charge on any atom is 0.255 e. The van der Waals surface area contributed by atoms with Crippen LogP contribution in [0, 0.1) is 12.7 Å². The van der Waals surface area contributed by atoms with Crippen molar-refractivity contribution in [1.29, 1.82) is 0 Å². The van der Waals surface area contributed by atoms with Crippen molar-refractivity contribution in [3.63, 3.8) is 0 Å². The van der Waals surface area contributed by atoms with E-state index in [4.69, 9.17) is 16.3 Å². The highest BCUT2D eigenvalue weighted by atomic mass is 79.9. The third-order valence-electron chi connectivity index (χ3n) is 3.92. The molecule has 3 aromatic rings. The summed E-state index contributed by atoms with van der Waals surface area (Å²) in [4.78, 5) is 12.4. The topological polar surface area (TPSA) is 38.3 Å². The highest BCUT2D eigenvalue weighted by Gasteiger charge is 2.11. The Balaban J connectivity index is 1.65. The molecule has 3 nitrogen and oxygen atoms in total. The van der Waals surface area contributed by atoms with Gasteiger partial charge < -0.3 is 10.1 Å². The zero-order valence-electron chi connectivity index (χ0n) is 14.7. The van der Waals surface area contributed by atoms with Crippen LogP contribution in [0.4, 0.5) is 10.1 Å². The molecule has 0 aliphatic rings. The SMILES string of the molecule is Cc1cc(Br)c(OCc2ccc(C(=O)Nc3ccc(F)cc3Cl)cc2)c(Br)c1. The van der Waals surface area contributed by atoms with Crippen LogP contribution in [0.2, 0.25) is 5.02 Å². The molecule has 1 N–H and O–H groups in total. The summed E-state index contributed by atoms with van der Waals surface area (Å²) >= 11 is 12.9. The number of amides is 1. The molecule has 144 valence electrons. The Morgan fingerprint density at radius 3 is 2.32 bits per heavy atom. The van der Waals surface area contributed by atoms with Gasteiger partial charge in [0.1, 0.15) is 18.2 Å². The fourth-order valence-electron chi connectivity index (χ4n) is 2.52. The van der Waals surface area contributed by atoms with Crippen LogP contribution < -0.4 is 10.1 Å². The lowest BCUT2D eigenvalue weighted by molar-refractivity contribution is 0.102. The predicted molar refractivity (Wildman–Crippen MR) is 117 cm³/mol. The van der Waals surface area contributed by atoms with Crippen LogP contribution in [0.15, 0.2) is 63.5 Å². The molecule has 0 aromatic heterocycles. The van der Waals surface area contributed by atoms with E-state index in [1.54, 1.807) is 12.1 Å². The van der Waals surface area contributed by atoms with Crippen molar-refractivity contribution >= 4 is 55.1 Å². The highest BCUT2D eigenvalue weighted by molar-refractivity contribution is 9.11. The Bertz CT molecular complexity index is 1000. The summed E-state index contributed by atoms with van der Waals surface area (Å²) in [7, 11) is 0. The number of hydrogen-bond acceptors (Lipinski definition) is 2. The summed E-state index contributed by atoms with van der Waals surface area (Å²) in [5.41, 5.74) is 2.84. The quantitative estimate of drug-likeness (QED) is 0.383. The van der Waals surface area contributed by atoms with E-state index in [-0.39, 0.29) is 10.9 Å². The number of carbonyl (C=O) groups is 1. The van der Waals surface area contributed by atoms with E-state index in [0.29, 0.717) is 17.9 Å². The van der Waals surface area contributed by atoms with Crippen molar-refractivity contribution in [2.75, 3.05) is 5.32 Å². The molecule has 7 heteroatoms. The van der Waals surface area contributed by atoms with E-state index < -0.39 is 5.82 Å². The van der Waals surface area contributed by atoms with E-state index in [1.807, 2.05) is 31.2 Å². The molecular weight excluding hydrogens is 512 g/mol. The normalized spacial score (nSPS) is 10.6. The summed E-state index contributed by atoms with van der Waals surface area (Å²) in [5, 5.41) is 2.82. The number of rotatable bonds is 5. The Morgan fingerprint density at radius 1 is 1.07 bits per heavy atom. The standard InChI is InChI=1S/C21H15Br2ClFNO2/c1-12-8-16(22)20(17(23)9-12)28-11-13-2-4-14(5-3-13)21(27)26-19-7-6-15(25)10-18(19)24/h2-10H,11H2,1H3,(H,26,27). The van der Waals surface area contributed by atoms with Crippen LogP contribution in [0.5, 0.6) is 5.75 Å². The first-order chi connectivity index (χ1) is 13.3. The Morgan fingerprint density at radius 2 is 1.71 bits per heavy atom. The third kappa shape index (κ3) is 5.13. The summed E-state index contributed by atoms with van der Waals surface area (Å²) in [5.74, 6) is -0.0671. The van der Waals surface area contributed by atoms with Crippen molar-refractivity contribution in [1.82, 2.24) is 0 Å². The first-order valence-corrected chi connectivity index (χ1v) is 10.2. The molecule has 28 heavy (non-hydrogen) atoms. The molecular formula is C21H15Br2ClFNO2. The van der Waals surface area contributed by atoms with Gasteiger partial charge in [-0.3, -0.25) is 4.79 Å². The number of nitrogens with one attached hydrogen (secondary N) is 1. The molecule has 0 heterocycles. The number of anilines is 1. The number of benzene rings is 3. The Hall–Kier alpha value is -1.89. The molecule has 0 saturated carbocycles. The van der Waals surface area contributed by atoms with E-state index >= 15 is 0 Å². The number of carbonyl (C=O) groups excluding carboxylic acids is 1. The second-order valence-electron chi connectivity index (χ2n) is 6.12. The molecule has 3 rings (SSSR count). The zero-order chi connectivity index (χ0) is 20.3. The minimum absolute atomic E-state index is 0.146. The number of ether oxygens (including phenoxy) is 1. The summed E-state index contributed by atoms with van der Waals surface area (Å²) < 4.78 is 20.7. The number of hydrogen-bond donors (Lipinski definition) is 1. The van der Waals surface area contributed by atoms with Gasteiger partial charge in [0.05, 0.1) is 19.7 Å². The van der Waals surface area contributed by atoms with Crippen molar-refractivity contribution in [3.05, 3.63) is 91.1 Å². The van der Waals surface area contributed by atoms with Crippen molar-refractivity contribution in [2.24, 2.45) is 0 Å². The van der Waals surface area contributed by atoms with E-state index in [0.717, 1.165) is 31.9 Å². The van der Waals surface area contributed by atoms with Gasteiger partial charge in [-0.2, -0.15) is 0 Å². The Labute approximate surface area is 184 Å². The maximum atomic E-state index is 13.1. The highest BCUT2D eigenvalue weighted by Crippen LogP contribution is 2.35. The van der Waals surface area contributed by atoms with Gasteiger partial charge in [-0.1, -0.05) is 23.7 Å². The summed E-state index contributed by atoms with van der Waals surface area (Å²) in [6.07, 6.45) is 0. The van der Waals surface area contributed by atoms with Crippen LogP contribution in [0.25, 0.3) is 0 Å². The van der Waals surface area contributed by atoms with Gasteiger partial charge >= 0.3 is 0 Å². The number of halogens is 4.